The molecule has 0 spiro atoms. The zero-order valence-electron chi connectivity index (χ0n) is 10.9. The molecular formula is C13H25N3. The monoisotopic (exact) mass is 223 g/mol. The van der Waals surface area contributed by atoms with Crippen molar-refractivity contribution in [3.63, 3.8) is 0 Å². The highest BCUT2D eigenvalue weighted by molar-refractivity contribution is 5.58. The van der Waals surface area contributed by atoms with Gasteiger partial charge in [-0.3, -0.25) is 4.99 Å². The van der Waals surface area contributed by atoms with Crippen LogP contribution in [0, 0.1) is 0 Å². The summed E-state index contributed by atoms with van der Waals surface area (Å²) >= 11 is 0. The third-order valence-electron chi connectivity index (χ3n) is 3.20. The summed E-state index contributed by atoms with van der Waals surface area (Å²) in [5, 5.41) is 0. The smallest absolute Gasteiger partial charge is 0.0221 e. The van der Waals surface area contributed by atoms with Gasteiger partial charge in [-0.2, -0.15) is 0 Å². The Labute approximate surface area is 99.8 Å². The quantitative estimate of drug-likeness (QED) is 0.664. The largest absolute Gasteiger partial charge is 0.306 e. The van der Waals surface area contributed by atoms with Crippen molar-refractivity contribution in [1.29, 1.82) is 0 Å². The van der Waals surface area contributed by atoms with Gasteiger partial charge in [0.25, 0.3) is 0 Å². The zero-order valence-corrected chi connectivity index (χ0v) is 10.9. The number of hydrogen-bond acceptors (Lipinski definition) is 3. The molecule has 1 saturated heterocycles. The first-order valence-electron chi connectivity index (χ1n) is 6.25. The second-order valence-electron chi connectivity index (χ2n) is 4.64. The normalized spacial score (nSPS) is 20.5. The van der Waals surface area contributed by atoms with Gasteiger partial charge in [0.15, 0.2) is 0 Å². The van der Waals surface area contributed by atoms with E-state index >= 15 is 0 Å². The number of piperidine rings is 1. The third-order valence-corrected chi connectivity index (χ3v) is 3.20. The van der Waals surface area contributed by atoms with E-state index in [0.29, 0.717) is 0 Å². The van der Waals surface area contributed by atoms with Gasteiger partial charge in [0.05, 0.1) is 0 Å². The number of likely N-dealkylation sites (tertiary alicyclic amines) is 1. The SMILES string of the molecule is C/C=C\N=CCCN1CCC(N(C)C)CC1. The standard InChI is InChI=1S/C13H25N3/c1-4-8-14-9-5-10-16-11-6-13(7-12-16)15(2)3/h4,8-9,13H,5-7,10-12H2,1-3H3/b8-4-,14-9?. The van der Waals surface area contributed by atoms with E-state index in [1.807, 2.05) is 25.4 Å². The molecule has 0 aromatic rings. The summed E-state index contributed by atoms with van der Waals surface area (Å²) in [4.78, 5) is 9.07. The van der Waals surface area contributed by atoms with Crippen LogP contribution in [0.2, 0.25) is 0 Å². The third kappa shape index (κ3) is 4.90. The first-order chi connectivity index (χ1) is 7.74. The molecule has 92 valence electrons. The summed E-state index contributed by atoms with van der Waals surface area (Å²) in [5.41, 5.74) is 0. The van der Waals surface area contributed by atoms with Crippen LogP contribution in [-0.4, -0.2) is 55.8 Å². The van der Waals surface area contributed by atoms with E-state index in [9.17, 15) is 0 Å². The summed E-state index contributed by atoms with van der Waals surface area (Å²) in [6, 6.07) is 0.785. The number of allylic oxidation sites excluding steroid dienone is 1. The van der Waals surface area contributed by atoms with Gasteiger partial charge in [-0.25, -0.2) is 0 Å². The molecule has 0 saturated carbocycles. The molecule has 1 rings (SSSR count). The summed E-state index contributed by atoms with van der Waals surface area (Å²) in [6.45, 7) is 5.62. The first-order valence-corrected chi connectivity index (χ1v) is 6.25. The molecule has 0 aliphatic carbocycles. The summed E-state index contributed by atoms with van der Waals surface area (Å²) < 4.78 is 0. The van der Waals surface area contributed by atoms with E-state index in [4.69, 9.17) is 0 Å². The van der Waals surface area contributed by atoms with Gasteiger partial charge in [-0.05, 0) is 53.4 Å². The summed E-state index contributed by atoms with van der Waals surface area (Å²) in [7, 11) is 4.37. The Bertz CT molecular complexity index is 225. The Morgan fingerprint density at radius 1 is 1.31 bits per heavy atom. The van der Waals surface area contributed by atoms with Crippen molar-refractivity contribution >= 4 is 6.21 Å². The topological polar surface area (TPSA) is 18.8 Å². The van der Waals surface area contributed by atoms with Gasteiger partial charge in [0.2, 0.25) is 0 Å². The van der Waals surface area contributed by atoms with Gasteiger partial charge in [-0.1, -0.05) is 6.08 Å². The van der Waals surface area contributed by atoms with Gasteiger partial charge >= 0.3 is 0 Å². The number of aliphatic imine (C=N–C) groups is 1. The highest BCUT2D eigenvalue weighted by Gasteiger charge is 2.19. The molecular weight excluding hydrogens is 198 g/mol. The lowest BCUT2D eigenvalue weighted by atomic mass is 10.0. The van der Waals surface area contributed by atoms with Gasteiger partial charge in [0, 0.05) is 25.0 Å². The lowest BCUT2D eigenvalue weighted by Crippen LogP contribution is -2.42. The fourth-order valence-electron chi connectivity index (χ4n) is 2.12. The minimum atomic E-state index is 0.785. The maximum Gasteiger partial charge on any atom is 0.0221 e. The highest BCUT2D eigenvalue weighted by Crippen LogP contribution is 2.13. The Hall–Kier alpha value is -0.670. The Morgan fingerprint density at radius 2 is 2.00 bits per heavy atom. The van der Waals surface area contributed by atoms with Crippen LogP contribution >= 0.6 is 0 Å². The van der Waals surface area contributed by atoms with Gasteiger partial charge in [-0.15, -0.1) is 0 Å². The molecule has 0 radical (unpaired) electrons. The number of hydrogen-bond donors (Lipinski definition) is 0. The predicted molar refractivity (Wildman–Crippen MR) is 71.1 cm³/mol. The predicted octanol–water partition coefficient (Wildman–Crippen LogP) is 2.01. The molecule has 3 nitrogen and oxygen atoms in total. The van der Waals surface area contributed by atoms with Crippen LogP contribution in [0.15, 0.2) is 17.3 Å². The average Bonchev–Trinajstić information content (AvgIpc) is 2.29. The molecule has 0 bridgehead atoms. The van der Waals surface area contributed by atoms with E-state index in [-0.39, 0.29) is 0 Å². The van der Waals surface area contributed by atoms with Crippen molar-refractivity contribution in [3.8, 4) is 0 Å². The molecule has 0 aromatic heterocycles. The zero-order chi connectivity index (χ0) is 11.8. The Kier molecular flexibility index (Phi) is 6.34. The fourth-order valence-corrected chi connectivity index (χ4v) is 2.12. The van der Waals surface area contributed by atoms with E-state index in [2.05, 4.69) is 28.9 Å². The first kappa shape index (κ1) is 13.4. The minimum Gasteiger partial charge on any atom is -0.306 e. The molecule has 3 heteroatoms. The van der Waals surface area contributed by atoms with Crippen molar-refractivity contribution in [2.45, 2.75) is 32.2 Å². The molecule has 0 aromatic carbocycles. The van der Waals surface area contributed by atoms with Crippen molar-refractivity contribution in [2.75, 3.05) is 33.7 Å². The van der Waals surface area contributed by atoms with E-state index in [1.54, 1.807) is 0 Å². The average molecular weight is 223 g/mol. The molecule has 0 atom stereocenters. The second kappa shape index (κ2) is 7.58. The lowest BCUT2D eigenvalue weighted by molar-refractivity contribution is 0.148. The number of nitrogens with zero attached hydrogens (tertiary/aromatic N) is 3. The van der Waals surface area contributed by atoms with E-state index in [0.717, 1.165) is 19.0 Å². The van der Waals surface area contributed by atoms with Crippen LogP contribution < -0.4 is 0 Å². The second-order valence-corrected chi connectivity index (χ2v) is 4.64. The van der Waals surface area contributed by atoms with Gasteiger partial charge < -0.3 is 9.80 Å². The van der Waals surface area contributed by atoms with Crippen molar-refractivity contribution in [3.05, 3.63) is 12.3 Å². The molecule has 1 fully saturated rings. The summed E-state index contributed by atoms with van der Waals surface area (Å²) in [6.07, 6.45) is 9.49. The Balaban J connectivity index is 2.12. The van der Waals surface area contributed by atoms with Crippen LogP contribution in [0.1, 0.15) is 26.2 Å². The van der Waals surface area contributed by atoms with Gasteiger partial charge in [0.1, 0.15) is 0 Å². The molecule has 0 unspecified atom stereocenters. The molecule has 0 N–H and O–H groups in total. The van der Waals surface area contributed by atoms with Crippen molar-refractivity contribution in [2.24, 2.45) is 4.99 Å². The molecule has 16 heavy (non-hydrogen) atoms. The van der Waals surface area contributed by atoms with E-state index < -0.39 is 0 Å². The minimum absolute atomic E-state index is 0.785. The van der Waals surface area contributed by atoms with Crippen molar-refractivity contribution in [1.82, 2.24) is 9.80 Å². The fraction of sp³-hybridized carbons (Fsp3) is 0.769. The van der Waals surface area contributed by atoms with Crippen LogP contribution in [-0.2, 0) is 0 Å². The number of rotatable bonds is 5. The molecule has 1 aliphatic rings. The molecule has 0 amide bonds. The van der Waals surface area contributed by atoms with Crippen LogP contribution in [0.25, 0.3) is 0 Å². The van der Waals surface area contributed by atoms with Crippen LogP contribution in [0.4, 0.5) is 0 Å². The maximum atomic E-state index is 4.18. The van der Waals surface area contributed by atoms with Crippen LogP contribution in [0.5, 0.6) is 0 Å². The molecule has 1 aliphatic heterocycles. The Morgan fingerprint density at radius 3 is 2.56 bits per heavy atom. The summed E-state index contributed by atoms with van der Waals surface area (Å²) in [5.74, 6) is 0. The maximum absolute atomic E-state index is 4.18. The molecule has 1 heterocycles. The van der Waals surface area contributed by atoms with Crippen LogP contribution in [0.3, 0.4) is 0 Å². The highest BCUT2D eigenvalue weighted by atomic mass is 15.2. The lowest BCUT2D eigenvalue weighted by Gasteiger charge is -2.34. The van der Waals surface area contributed by atoms with Crippen molar-refractivity contribution < 1.29 is 0 Å². The van der Waals surface area contributed by atoms with E-state index in [1.165, 1.54) is 25.9 Å².